The number of likely N-dealkylation sites (tertiary alicyclic amines) is 1. The number of rotatable bonds is 3. The third-order valence-electron chi connectivity index (χ3n) is 5.34. The minimum absolute atomic E-state index is 0.0359. The maximum absolute atomic E-state index is 10.6. The minimum atomic E-state index is -0.370. The number of aliphatic hydroxyl groups excluding tert-OH is 1. The lowest BCUT2D eigenvalue weighted by Crippen LogP contribution is -2.44. The third kappa shape index (κ3) is 3.26. The van der Waals surface area contributed by atoms with Crippen LogP contribution in [0.2, 0.25) is 0 Å². The van der Waals surface area contributed by atoms with Crippen molar-refractivity contribution in [2.75, 3.05) is 6.54 Å². The van der Waals surface area contributed by atoms with Crippen molar-refractivity contribution in [3.8, 4) is 0 Å². The van der Waals surface area contributed by atoms with Gasteiger partial charge in [0.05, 0.1) is 12.2 Å². The summed E-state index contributed by atoms with van der Waals surface area (Å²) in [5.41, 5.74) is 1.49. The average molecular weight is 279 g/mol. The number of allylic oxidation sites excluding steroid dienone is 1. The average Bonchev–Trinajstić information content (AvgIpc) is 2.84. The summed E-state index contributed by atoms with van der Waals surface area (Å²) in [6, 6.07) is 0.598. The summed E-state index contributed by atoms with van der Waals surface area (Å²) in [4.78, 5) is 2.31. The molecular formula is C17H29NO2. The van der Waals surface area contributed by atoms with Gasteiger partial charge in [-0.05, 0) is 45.4 Å². The van der Waals surface area contributed by atoms with Crippen molar-refractivity contribution in [2.24, 2.45) is 0 Å². The van der Waals surface area contributed by atoms with Gasteiger partial charge >= 0.3 is 0 Å². The van der Waals surface area contributed by atoms with Gasteiger partial charge < -0.3 is 9.84 Å². The van der Waals surface area contributed by atoms with E-state index >= 15 is 0 Å². The summed E-state index contributed by atoms with van der Waals surface area (Å²) in [5, 5.41) is 10.6. The molecule has 0 aromatic heterocycles. The Hall–Kier alpha value is -0.380. The number of hydrogen-bond acceptors (Lipinski definition) is 3. The third-order valence-corrected chi connectivity index (χ3v) is 5.34. The van der Waals surface area contributed by atoms with E-state index in [-0.39, 0.29) is 12.3 Å². The van der Waals surface area contributed by atoms with E-state index in [0.29, 0.717) is 12.1 Å². The van der Waals surface area contributed by atoms with Crippen LogP contribution in [0.1, 0.15) is 64.7 Å². The van der Waals surface area contributed by atoms with Crippen molar-refractivity contribution < 1.29 is 9.84 Å². The Balaban J connectivity index is 1.51. The van der Waals surface area contributed by atoms with E-state index in [1.807, 2.05) is 0 Å². The van der Waals surface area contributed by atoms with E-state index in [2.05, 4.69) is 17.9 Å². The van der Waals surface area contributed by atoms with Crippen molar-refractivity contribution in [3.63, 3.8) is 0 Å². The maximum atomic E-state index is 10.6. The van der Waals surface area contributed by atoms with Crippen molar-refractivity contribution in [1.82, 2.24) is 4.90 Å². The largest absolute Gasteiger partial charge is 0.376 e. The van der Waals surface area contributed by atoms with E-state index in [1.165, 1.54) is 37.7 Å². The molecule has 3 rings (SSSR count). The fourth-order valence-corrected chi connectivity index (χ4v) is 4.03. The molecule has 0 aromatic rings. The number of ether oxygens (including phenoxy) is 1. The van der Waals surface area contributed by atoms with Crippen molar-refractivity contribution in [2.45, 2.75) is 89.2 Å². The zero-order valence-corrected chi connectivity index (χ0v) is 12.8. The van der Waals surface area contributed by atoms with Gasteiger partial charge in [0.2, 0.25) is 0 Å². The Labute approximate surface area is 123 Å². The van der Waals surface area contributed by atoms with Gasteiger partial charge in [0.15, 0.2) is 0 Å². The van der Waals surface area contributed by atoms with Crippen LogP contribution in [-0.2, 0) is 4.74 Å². The monoisotopic (exact) mass is 279 g/mol. The first-order valence-electron chi connectivity index (χ1n) is 8.49. The predicted octanol–water partition coefficient (Wildman–Crippen LogP) is 3.23. The Bertz CT molecular complexity index is 349. The van der Waals surface area contributed by atoms with E-state index in [0.717, 1.165) is 32.2 Å². The molecule has 2 aliphatic carbocycles. The Morgan fingerprint density at radius 3 is 2.65 bits per heavy atom. The molecule has 1 saturated heterocycles. The highest BCUT2D eigenvalue weighted by Gasteiger charge is 2.38. The molecule has 3 atom stereocenters. The molecule has 3 heteroatoms. The standard InChI is InChI=1S/C17H29NO2/c1-13-7-9-15(10-8-13)20-16-11-12-18(17(16)19)14-5-3-2-4-6-14/h7,14-17,19H,2-6,8-12H2,1H3. The number of hydrogen-bond donors (Lipinski definition) is 1. The van der Waals surface area contributed by atoms with Gasteiger partial charge in [0, 0.05) is 12.6 Å². The van der Waals surface area contributed by atoms with Gasteiger partial charge in [-0.25, -0.2) is 0 Å². The molecule has 1 heterocycles. The highest BCUT2D eigenvalue weighted by atomic mass is 16.5. The van der Waals surface area contributed by atoms with Gasteiger partial charge in [-0.3, -0.25) is 4.90 Å². The van der Waals surface area contributed by atoms with Gasteiger partial charge in [-0.15, -0.1) is 0 Å². The van der Waals surface area contributed by atoms with Crippen LogP contribution < -0.4 is 0 Å². The molecule has 2 fully saturated rings. The molecule has 3 nitrogen and oxygen atoms in total. The molecule has 20 heavy (non-hydrogen) atoms. The van der Waals surface area contributed by atoms with Gasteiger partial charge in [-0.1, -0.05) is 30.9 Å². The lowest BCUT2D eigenvalue weighted by atomic mass is 9.94. The molecule has 1 aliphatic heterocycles. The highest BCUT2D eigenvalue weighted by molar-refractivity contribution is 5.03. The van der Waals surface area contributed by atoms with Crippen LogP contribution in [0.15, 0.2) is 11.6 Å². The van der Waals surface area contributed by atoms with E-state index in [4.69, 9.17) is 4.74 Å². The summed E-state index contributed by atoms with van der Waals surface area (Å²) in [6.07, 6.45) is 13.1. The van der Waals surface area contributed by atoms with Crippen LogP contribution in [0, 0.1) is 0 Å². The molecule has 1 N–H and O–H groups in total. The summed E-state index contributed by atoms with van der Waals surface area (Å²) < 4.78 is 6.20. The SMILES string of the molecule is CC1=CCC(OC2CCN(C3CCCCC3)C2O)CC1. The maximum Gasteiger partial charge on any atom is 0.134 e. The quantitative estimate of drug-likeness (QED) is 0.805. The van der Waals surface area contributed by atoms with Crippen LogP contribution in [0.25, 0.3) is 0 Å². The second-order valence-electron chi connectivity index (χ2n) is 6.85. The topological polar surface area (TPSA) is 32.7 Å². The van der Waals surface area contributed by atoms with E-state index in [1.54, 1.807) is 0 Å². The number of aliphatic hydroxyl groups is 1. The summed E-state index contributed by atoms with van der Waals surface area (Å²) in [6.45, 7) is 3.21. The van der Waals surface area contributed by atoms with Crippen LogP contribution in [-0.4, -0.2) is 41.0 Å². The zero-order chi connectivity index (χ0) is 13.9. The van der Waals surface area contributed by atoms with Gasteiger partial charge in [0.1, 0.15) is 6.23 Å². The lowest BCUT2D eigenvalue weighted by molar-refractivity contribution is -0.111. The van der Waals surface area contributed by atoms with Crippen molar-refractivity contribution >= 4 is 0 Å². The predicted molar refractivity (Wildman–Crippen MR) is 80.5 cm³/mol. The molecule has 114 valence electrons. The normalized spacial score (nSPS) is 37.1. The van der Waals surface area contributed by atoms with Crippen LogP contribution in [0.5, 0.6) is 0 Å². The Morgan fingerprint density at radius 1 is 1.15 bits per heavy atom. The van der Waals surface area contributed by atoms with Crippen LogP contribution >= 0.6 is 0 Å². The van der Waals surface area contributed by atoms with Crippen LogP contribution in [0.4, 0.5) is 0 Å². The first kappa shape index (κ1) is 14.6. The molecule has 0 amide bonds. The summed E-state index contributed by atoms with van der Waals surface area (Å²) >= 11 is 0. The molecule has 1 saturated carbocycles. The van der Waals surface area contributed by atoms with Crippen molar-refractivity contribution in [3.05, 3.63) is 11.6 Å². The van der Waals surface area contributed by atoms with E-state index < -0.39 is 0 Å². The lowest BCUT2D eigenvalue weighted by Gasteiger charge is -2.35. The fourth-order valence-electron chi connectivity index (χ4n) is 4.03. The van der Waals surface area contributed by atoms with E-state index in [9.17, 15) is 5.11 Å². The van der Waals surface area contributed by atoms with Crippen molar-refractivity contribution in [1.29, 1.82) is 0 Å². The molecule has 3 unspecified atom stereocenters. The molecule has 0 bridgehead atoms. The molecule has 0 spiro atoms. The first-order chi connectivity index (χ1) is 9.74. The molecule has 0 radical (unpaired) electrons. The fraction of sp³-hybridized carbons (Fsp3) is 0.882. The molecular weight excluding hydrogens is 250 g/mol. The summed E-state index contributed by atoms with van der Waals surface area (Å²) in [7, 11) is 0. The minimum Gasteiger partial charge on any atom is -0.376 e. The second kappa shape index (κ2) is 6.59. The van der Waals surface area contributed by atoms with Crippen LogP contribution in [0.3, 0.4) is 0 Å². The smallest absolute Gasteiger partial charge is 0.134 e. The molecule has 0 aromatic carbocycles. The highest BCUT2D eigenvalue weighted by Crippen LogP contribution is 2.31. The number of nitrogens with zero attached hydrogens (tertiary/aromatic N) is 1. The summed E-state index contributed by atoms with van der Waals surface area (Å²) in [5.74, 6) is 0. The molecule has 3 aliphatic rings. The van der Waals surface area contributed by atoms with Gasteiger partial charge in [0.25, 0.3) is 0 Å². The Morgan fingerprint density at radius 2 is 1.95 bits per heavy atom. The van der Waals surface area contributed by atoms with Gasteiger partial charge in [-0.2, -0.15) is 0 Å². The zero-order valence-electron chi connectivity index (χ0n) is 12.8. The Kier molecular flexibility index (Phi) is 4.79. The second-order valence-corrected chi connectivity index (χ2v) is 6.85. The first-order valence-corrected chi connectivity index (χ1v) is 8.49.